The van der Waals surface area contributed by atoms with Crippen LogP contribution in [0.25, 0.3) is 11.1 Å². The van der Waals surface area contributed by atoms with Crippen molar-refractivity contribution >= 4 is 18.0 Å². The molecule has 2 aromatic carbocycles. The maximum atomic E-state index is 13.0. The number of aliphatic carboxylic acids is 1. The molecule has 1 saturated heterocycles. The number of alkyl carbamates (subject to hydrolysis) is 1. The molecule has 1 heterocycles. The van der Waals surface area contributed by atoms with Crippen molar-refractivity contribution in [2.75, 3.05) is 26.2 Å². The molecule has 5 rings (SSSR count). The first kappa shape index (κ1) is 23.4. The standard InChI is InChI=1S/C28H32N2O5/c31-26(32)13-18-15-30(16-18)27(33)20-8-2-1-7-19(20)14-29-28(34)35-17-25-23-11-5-3-9-21(23)22-10-4-6-12-24(22)25/h3-6,9-12,18-20,25H,1-2,7-8,13-17H2,(H,29,34)(H,31,32)/t19-,20-/m0/s1. The number of ether oxygens (including phenoxy) is 1. The fraction of sp³-hybridized carbons (Fsp3) is 0.464. The first-order chi connectivity index (χ1) is 17.0. The number of carbonyl (C=O) groups excluding carboxylic acids is 2. The number of nitrogens with one attached hydrogen (secondary N) is 1. The lowest BCUT2D eigenvalue weighted by Crippen LogP contribution is -2.54. The van der Waals surface area contributed by atoms with Crippen molar-refractivity contribution in [2.24, 2.45) is 17.8 Å². The number of nitrogens with zero attached hydrogens (tertiary/aromatic N) is 1. The van der Waals surface area contributed by atoms with E-state index in [1.54, 1.807) is 4.90 Å². The summed E-state index contributed by atoms with van der Waals surface area (Å²) in [6.07, 6.45) is 3.42. The lowest BCUT2D eigenvalue weighted by atomic mass is 9.77. The molecular formula is C28H32N2O5. The first-order valence-corrected chi connectivity index (χ1v) is 12.6. The molecular weight excluding hydrogens is 444 g/mol. The molecule has 2 atom stereocenters. The van der Waals surface area contributed by atoms with Gasteiger partial charge in [0.05, 0.1) is 6.42 Å². The van der Waals surface area contributed by atoms with E-state index in [0.717, 1.165) is 25.7 Å². The van der Waals surface area contributed by atoms with Crippen molar-refractivity contribution < 1.29 is 24.2 Å². The van der Waals surface area contributed by atoms with E-state index in [1.807, 2.05) is 24.3 Å². The monoisotopic (exact) mass is 476 g/mol. The molecule has 0 aromatic heterocycles. The normalized spacial score (nSPS) is 21.5. The van der Waals surface area contributed by atoms with E-state index in [4.69, 9.17) is 9.84 Å². The SMILES string of the molecule is O=C(O)CC1CN(C(=O)[C@H]2CCCC[C@H]2CNC(=O)OCC2c3ccccc3-c3ccccc32)C1. The van der Waals surface area contributed by atoms with Crippen LogP contribution in [0.1, 0.15) is 49.1 Å². The van der Waals surface area contributed by atoms with E-state index in [0.29, 0.717) is 19.6 Å². The molecule has 2 fully saturated rings. The summed E-state index contributed by atoms with van der Waals surface area (Å²) < 4.78 is 5.66. The third-order valence-electron chi connectivity index (χ3n) is 7.81. The van der Waals surface area contributed by atoms with Crippen LogP contribution in [-0.2, 0) is 14.3 Å². The minimum atomic E-state index is -0.815. The molecule has 2 aromatic rings. The molecule has 7 nitrogen and oxygen atoms in total. The van der Waals surface area contributed by atoms with Crippen LogP contribution in [-0.4, -0.2) is 54.2 Å². The molecule has 0 spiro atoms. The average molecular weight is 477 g/mol. The predicted octanol–water partition coefficient (Wildman–Crippen LogP) is 4.26. The largest absolute Gasteiger partial charge is 0.481 e. The highest BCUT2D eigenvalue weighted by molar-refractivity contribution is 5.81. The summed E-state index contributed by atoms with van der Waals surface area (Å²) in [6, 6.07) is 16.5. The molecule has 3 aliphatic rings. The van der Waals surface area contributed by atoms with Crippen LogP contribution in [0.5, 0.6) is 0 Å². The van der Waals surface area contributed by atoms with Crippen molar-refractivity contribution in [3.05, 3.63) is 59.7 Å². The summed E-state index contributed by atoms with van der Waals surface area (Å²) in [4.78, 5) is 38.3. The van der Waals surface area contributed by atoms with E-state index in [-0.39, 0.29) is 42.6 Å². The zero-order valence-electron chi connectivity index (χ0n) is 19.8. The summed E-state index contributed by atoms with van der Waals surface area (Å²) in [5.74, 6) is -0.686. The zero-order valence-corrected chi connectivity index (χ0v) is 19.8. The van der Waals surface area contributed by atoms with Gasteiger partial charge < -0.3 is 20.1 Å². The van der Waals surface area contributed by atoms with Gasteiger partial charge in [0.25, 0.3) is 0 Å². The number of likely N-dealkylation sites (tertiary alicyclic amines) is 1. The minimum absolute atomic E-state index is 0.0160. The highest BCUT2D eigenvalue weighted by Crippen LogP contribution is 2.44. The lowest BCUT2D eigenvalue weighted by molar-refractivity contribution is -0.149. The molecule has 184 valence electrons. The van der Waals surface area contributed by atoms with E-state index in [2.05, 4.69) is 29.6 Å². The van der Waals surface area contributed by atoms with Crippen LogP contribution in [0.15, 0.2) is 48.5 Å². The Bertz CT molecular complexity index is 1060. The fourth-order valence-electron chi connectivity index (χ4n) is 6.00. The fourth-order valence-corrected chi connectivity index (χ4v) is 6.00. The van der Waals surface area contributed by atoms with Crippen LogP contribution in [0.2, 0.25) is 0 Å². The van der Waals surface area contributed by atoms with Gasteiger partial charge >= 0.3 is 12.1 Å². The minimum Gasteiger partial charge on any atom is -0.481 e. The van der Waals surface area contributed by atoms with Gasteiger partial charge in [0.15, 0.2) is 0 Å². The summed E-state index contributed by atoms with van der Waals surface area (Å²) in [6.45, 7) is 1.73. The third-order valence-corrected chi connectivity index (χ3v) is 7.81. The Kier molecular flexibility index (Phi) is 6.75. The number of benzene rings is 2. The number of amides is 2. The summed E-state index contributed by atoms with van der Waals surface area (Å²) in [5, 5.41) is 11.9. The quantitative estimate of drug-likeness (QED) is 0.622. The number of fused-ring (bicyclic) bond motifs is 3. The van der Waals surface area contributed by atoms with Crippen molar-refractivity contribution in [3.63, 3.8) is 0 Å². The molecule has 2 N–H and O–H groups in total. The van der Waals surface area contributed by atoms with Crippen molar-refractivity contribution in [2.45, 2.75) is 38.0 Å². The van der Waals surface area contributed by atoms with E-state index in [1.165, 1.54) is 22.3 Å². The first-order valence-electron chi connectivity index (χ1n) is 12.6. The highest BCUT2D eigenvalue weighted by atomic mass is 16.5. The number of hydrogen-bond donors (Lipinski definition) is 2. The van der Waals surface area contributed by atoms with Gasteiger partial charge in [-0.1, -0.05) is 61.4 Å². The smallest absolute Gasteiger partial charge is 0.407 e. The molecule has 7 heteroatoms. The van der Waals surface area contributed by atoms with E-state index < -0.39 is 12.1 Å². The number of hydrogen-bond acceptors (Lipinski definition) is 4. The van der Waals surface area contributed by atoms with Gasteiger partial charge in [-0.2, -0.15) is 0 Å². The van der Waals surface area contributed by atoms with Gasteiger partial charge in [-0.05, 0) is 41.0 Å². The maximum Gasteiger partial charge on any atom is 0.407 e. The molecule has 1 aliphatic heterocycles. The summed E-state index contributed by atoms with van der Waals surface area (Å²) in [7, 11) is 0. The van der Waals surface area contributed by atoms with Crippen LogP contribution in [0.3, 0.4) is 0 Å². The molecule has 0 unspecified atom stereocenters. The highest BCUT2D eigenvalue weighted by Gasteiger charge is 2.39. The zero-order chi connectivity index (χ0) is 24.4. The van der Waals surface area contributed by atoms with Crippen LogP contribution in [0.4, 0.5) is 4.79 Å². The van der Waals surface area contributed by atoms with Crippen LogP contribution < -0.4 is 5.32 Å². The van der Waals surface area contributed by atoms with Gasteiger partial charge in [-0.15, -0.1) is 0 Å². The van der Waals surface area contributed by atoms with Crippen LogP contribution >= 0.6 is 0 Å². The number of carbonyl (C=O) groups is 3. The summed E-state index contributed by atoms with van der Waals surface area (Å²) >= 11 is 0. The lowest BCUT2D eigenvalue weighted by Gasteiger charge is -2.43. The predicted molar refractivity (Wildman–Crippen MR) is 131 cm³/mol. The van der Waals surface area contributed by atoms with Gasteiger partial charge in [0.2, 0.25) is 5.91 Å². The third kappa shape index (κ3) is 4.90. The topological polar surface area (TPSA) is 95.9 Å². The number of carboxylic acids is 1. The second-order valence-corrected chi connectivity index (χ2v) is 10.1. The van der Waals surface area contributed by atoms with Crippen molar-refractivity contribution in [3.8, 4) is 11.1 Å². The van der Waals surface area contributed by atoms with Crippen molar-refractivity contribution in [1.29, 1.82) is 0 Å². The molecule has 2 amide bonds. The number of rotatable bonds is 7. The van der Waals surface area contributed by atoms with Gasteiger partial charge in [0, 0.05) is 37.4 Å². The Morgan fingerprint density at radius 1 is 0.943 bits per heavy atom. The molecule has 35 heavy (non-hydrogen) atoms. The molecule has 2 aliphatic carbocycles. The van der Waals surface area contributed by atoms with E-state index in [9.17, 15) is 14.4 Å². The summed E-state index contributed by atoms with van der Waals surface area (Å²) in [5.41, 5.74) is 4.74. The number of carboxylic acid groups (broad SMARTS) is 1. The Hall–Kier alpha value is -3.35. The van der Waals surface area contributed by atoms with E-state index >= 15 is 0 Å². The Morgan fingerprint density at radius 2 is 1.57 bits per heavy atom. The Balaban J connectivity index is 1.14. The second-order valence-electron chi connectivity index (χ2n) is 10.1. The van der Waals surface area contributed by atoms with Gasteiger partial charge in [0.1, 0.15) is 6.61 Å². The Morgan fingerprint density at radius 3 is 2.23 bits per heavy atom. The van der Waals surface area contributed by atoms with Crippen molar-refractivity contribution in [1.82, 2.24) is 10.2 Å². The van der Waals surface area contributed by atoms with Crippen LogP contribution in [0, 0.1) is 17.8 Å². The average Bonchev–Trinajstić information content (AvgIpc) is 3.17. The second kappa shape index (κ2) is 10.1. The molecule has 1 saturated carbocycles. The maximum absolute atomic E-state index is 13.0. The van der Waals surface area contributed by atoms with Gasteiger partial charge in [-0.3, -0.25) is 9.59 Å². The Labute approximate surface area is 205 Å². The molecule has 0 bridgehead atoms. The van der Waals surface area contributed by atoms with Gasteiger partial charge in [-0.25, -0.2) is 4.79 Å². The molecule has 0 radical (unpaired) electrons.